The topological polar surface area (TPSA) is 46.2 Å². The van der Waals surface area contributed by atoms with Gasteiger partial charge in [0.15, 0.2) is 0 Å². The lowest BCUT2D eigenvalue weighted by molar-refractivity contribution is 0.0845. The van der Waals surface area contributed by atoms with Crippen LogP contribution >= 0.6 is 0 Å². The van der Waals surface area contributed by atoms with Crippen molar-refractivity contribution in [2.75, 3.05) is 0 Å². The summed E-state index contributed by atoms with van der Waals surface area (Å²) in [6, 6.07) is 14.8. The van der Waals surface area contributed by atoms with Crippen LogP contribution in [0.1, 0.15) is 48.4 Å². The third-order valence-electron chi connectivity index (χ3n) is 5.45. The zero-order valence-electron chi connectivity index (χ0n) is 12.8. The summed E-state index contributed by atoms with van der Waals surface area (Å²) in [5.41, 5.74) is 12.8. The molecule has 22 heavy (non-hydrogen) atoms. The van der Waals surface area contributed by atoms with Crippen LogP contribution in [-0.2, 0) is 6.42 Å². The Hall–Kier alpha value is -1.64. The Morgan fingerprint density at radius 1 is 0.955 bits per heavy atom. The lowest BCUT2D eigenvalue weighted by Crippen LogP contribution is -2.32. The highest BCUT2D eigenvalue weighted by Crippen LogP contribution is 2.38. The fourth-order valence-corrected chi connectivity index (χ4v) is 4.16. The number of fused-ring (bicyclic) bond motifs is 3. The quantitative estimate of drug-likeness (QED) is 0.771. The second-order valence-corrected chi connectivity index (χ2v) is 6.81. The van der Waals surface area contributed by atoms with Crippen LogP contribution in [0.3, 0.4) is 0 Å². The third-order valence-corrected chi connectivity index (χ3v) is 5.45. The molecule has 114 valence electrons. The molecule has 0 heterocycles. The molecule has 2 atom stereocenters. The van der Waals surface area contributed by atoms with E-state index >= 15 is 0 Å². The van der Waals surface area contributed by atoms with E-state index in [1.807, 2.05) is 0 Å². The van der Waals surface area contributed by atoms with Crippen molar-refractivity contribution in [3.05, 3.63) is 59.2 Å². The van der Waals surface area contributed by atoms with E-state index in [-0.39, 0.29) is 6.04 Å². The van der Waals surface area contributed by atoms with Gasteiger partial charge in [-0.15, -0.1) is 0 Å². The van der Waals surface area contributed by atoms with Crippen molar-refractivity contribution in [2.45, 2.75) is 44.2 Å². The molecule has 2 heteroatoms. The van der Waals surface area contributed by atoms with Crippen molar-refractivity contribution >= 4 is 0 Å². The van der Waals surface area contributed by atoms with Gasteiger partial charge in [0.25, 0.3) is 0 Å². The molecule has 0 bridgehead atoms. The van der Waals surface area contributed by atoms with Gasteiger partial charge in [-0.3, -0.25) is 0 Å². The van der Waals surface area contributed by atoms with E-state index in [1.165, 1.54) is 35.1 Å². The van der Waals surface area contributed by atoms with E-state index in [0.717, 1.165) is 24.8 Å². The standard InChI is InChI=1S/C20H23NO/c21-19(20(22)13-5-1-2-6-13)15-9-10-18-16(12-15)11-14-7-3-4-8-17(14)18/h3-4,7-10,12-13,19-20,22H,1-2,5-6,11,21H2/t19-,20+/m1/s1. The van der Waals surface area contributed by atoms with Crippen molar-refractivity contribution in [2.24, 2.45) is 11.7 Å². The molecule has 0 saturated heterocycles. The van der Waals surface area contributed by atoms with Gasteiger partial charge in [-0.1, -0.05) is 55.3 Å². The highest BCUT2D eigenvalue weighted by atomic mass is 16.3. The number of hydrogen-bond acceptors (Lipinski definition) is 2. The van der Waals surface area contributed by atoms with E-state index in [9.17, 15) is 5.11 Å². The molecule has 0 aliphatic heterocycles. The van der Waals surface area contributed by atoms with Crippen LogP contribution in [0.25, 0.3) is 11.1 Å². The first kappa shape index (κ1) is 14.0. The van der Waals surface area contributed by atoms with Crippen LogP contribution in [0.4, 0.5) is 0 Å². The first-order valence-corrected chi connectivity index (χ1v) is 8.39. The zero-order valence-corrected chi connectivity index (χ0v) is 12.8. The molecule has 2 aliphatic rings. The maximum Gasteiger partial charge on any atom is 0.0760 e. The number of rotatable bonds is 3. The molecule has 0 aromatic heterocycles. The summed E-state index contributed by atoms with van der Waals surface area (Å²) < 4.78 is 0. The average Bonchev–Trinajstić information content (AvgIpc) is 3.20. The Kier molecular flexibility index (Phi) is 3.51. The van der Waals surface area contributed by atoms with Gasteiger partial charge < -0.3 is 10.8 Å². The number of aliphatic hydroxyl groups is 1. The molecule has 3 N–H and O–H groups in total. The molecule has 0 amide bonds. The van der Waals surface area contributed by atoms with Gasteiger partial charge in [-0.2, -0.15) is 0 Å². The van der Waals surface area contributed by atoms with Gasteiger partial charge in [-0.25, -0.2) is 0 Å². The van der Waals surface area contributed by atoms with E-state index < -0.39 is 6.10 Å². The van der Waals surface area contributed by atoms with Crippen LogP contribution in [0.2, 0.25) is 0 Å². The summed E-state index contributed by atoms with van der Waals surface area (Å²) in [4.78, 5) is 0. The number of benzene rings is 2. The fraction of sp³-hybridized carbons (Fsp3) is 0.400. The van der Waals surface area contributed by atoms with Crippen molar-refractivity contribution in [1.29, 1.82) is 0 Å². The van der Waals surface area contributed by atoms with Gasteiger partial charge in [0, 0.05) is 0 Å². The van der Waals surface area contributed by atoms with E-state index in [0.29, 0.717) is 5.92 Å². The summed E-state index contributed by atoms with van der Waals surface area (Å²) >= 11 is 0. The third kappa shape index (κ3) is 2.27. The Morgan fingerprint density at radius 3 is 2.50 bits per heavy atom. The number of nitrogens with two attached hydrogens (primary N) is 1. The summed E-state index contributed by atoms with van der Waals surface area (Å²) in [5, 5.41) is 10.6. The van der Waals surface area contributed by atoms with Gasteiger partial charge in [-0.05, 0) is 53.0 Å². The van der Waals surface area contributed by atoms with Crippen LogP contribution < -0.4 is 5.73 Å². The molecule has 0 radical (unpaired) electrons. The minimum absolute atomic E-state index is 0.267. The SMILES string of the molecule is N[C@H](c1ccc2c(c1)Cc1ccccc1-2)[C@@H](O)C1CCCC1. The predicted molar refractivity (Wildman–Crippen MR) is 89.6 cm³/mol. The lowest BCUT2D eigenvalue weighted by atomic mass is 9.89. The van der Waals surface area contributed by atoms with Crippen molar-refractivity contribution < 1.29 is 5.11 Å². The van der Waals surface area contributed by atoms with Crippen molar-refractivity contribution in [1.82, 2.24) is 0 Å². The summed E-state index contributed by atoms with van der Waals surface area (Å²) in [6.45, 7) is 0. The van der Waals surface area contributed by atoms with E-state index in [4.69, 9.17) is 5.73 Å². The average molecular weight is 293 g/mol. The van der Waals surface area contributed by atoms with Gasteiger partial charge in [0.05, 0.1) is 12.1 Å². The normalized spacial score (nSPS) is 19.7. The maximum atomic E-state index is 10.6. The molecule has 1 saturated carbocycles. The predicted octanol–water partition coefficient (Wildman–Crippen LogP) is 3.81. The molecular formula is C20H23NO. The molecule has 0 spiro atoms. The highest BCUT2D eigenvalue weighted by Gasteiger charge is 2.29. The van der Waals surface area contributed by atoms with E-state index in [1.54, 1.807) is 0 Å². The van der Waals surface area contributed by atoms with Crippen LogP contribution in [-0.4, -0.2) is 11.2 Å². The minimum atomic E-state index is -0.413. The monoisotopic (exact) mass is 293 g/mol. The van der Waals surface area contributed by atoms with Crippen molar-refractivity contribution in [3.8, 4) is 11.1 Å². The molecule has 4 rings (SSSR count). The Balaban J connectivity index is 1.61. The van der Waals surface area contributed by atoms with Crippen LogP contribution in [0, 0.1) is 5.92 Å². The number of aliphatic hydroxyl groups excluding tert-OH is 1. The largest absolute Gasteiger partial charge is 0.391 e. The molecule has 2 nitrogen and oxygen atoms in total. The Labute approximate surface area is 132 Å². The molecule has 2 aromatic carbocycles. The zero-order chi connectivity index (χ0) is 15.1. The molecule has 2 aliphatic carbocycles. The van der Waals surface area contributed by atoms with Gasteiger partial charge in [0.2, 0.25) is 0 Å². The van der Waals surface area contributed by atoms with Crippen molar-refractivity contribution in [3.63, 3.8) is 0 Å². The van der Waals surface area contributed by atoms with Gasteiger partial charge in [0.1, 0.15) is 0 Å². The summed E-state index contributed by atoms with van der Waals surface area (Å²) in [6.07, 6.45) is 5.26. The van der Waals surface area contributed by atoms with Gasteiger partial charge >= 0.3 is 0 Å². The maximum absolute atomic E-state index is 10.6. The molecule has 2 aromatic rings. The Morgan fingerprint density at radius 2 is 1.68 bits per heavy atom. The summed E-state index contributed by atoms with van der Waals surface area (Å²) in [5.74, 6) is 0.375. The minimum Gasteiger partial charge on any atom is -0.391 e. The van der Waals surface area contributed by atoms with Crippen LogP contribution in [0.15, 0.2) is 42.5 Å². The van der Waals surface area contributed by atoms with Crippen LogP contribution in [0.5, 0.6) is 0 Å². The number of hydrogen-bond donors (Lipinski definition) is 2. The lowest BCUT2D eigenvalue weighted by Gasteiger charge is -2.25. The molecule has 0 unspecified atom stereocenters. The van der Waals surface area contributed by atoms with E-state index in [2.05, 4.69) is 42.5 Å². The smallest absolute Gasteiger partial charge is 0.0760 e. The molecule has 1 fully saturated rings. The second kappa shape index (κ2) is 5.53. The first-order valence-electron chi connectivity index (χ1n) is 8.39. The highest BCUT2D eigenvalue weighted by molar-refractivity contribution is 5.77. The Bertz CT molecular complexity index is 688. The summed E-state index contributed by atoms with van der Waals surface area (Å²) in [7, 11) is 0. The second-order valence-electron chi connectivity index (χ2n) is 6.81. The molecular weight excluding hydrogens is 270 g/mol. The fourth-order valence-electron chi connectivity index (χ4n) is 4.16. The first-order chi connectivity index (χ1) is 10.7.